The lowest BCUT2D eigenvalue weighted by Gasteiger charge is -2.08. The fraction of sp³-hybridized carbons (Fsp3) is 0.176. The molecule has 0 atom stereocenters. The predicted molar refractivity (Wildman–Crippen MR) is 97.0 cm³/mol. The van der Waals surface area contributed by atoms with E-state index in [4.69, 9.17) is 32.7 Å². The van der Waals surface area contributed by atoms with Crippen LogP contribution in [0.15, 0.2) is 41.5 Å². The maximum Gasteiger partial charge on any atom is 0.277 e. The van der Waals surface area contributed by atoms with Gasteiger partial charge in [-0.1, -0.05) is 29.3 Å². The molecule has 132 valence electrons. The Morgan fingerprint density at radius 3 is 2.80 bits per heavy atom. The normalized spacial score (nSPS) is 10.7. The summed E-state index contributed by atoms with van der Waals surface area (Å²) in [6.45, 7) is 1.97. The Hall–Kier alpha value is -2.44. The summed E-state index contributed by atoms with van der Waals surface area (Å²) in [6, 6.07) is 9.62. The molecule has 2 rings (SSSR count). The average molecular weight is 383 g/mol. The van der Waals surface area contributed by atoms with Crippen LogP contribution in [0.1, 0.15) is 12.5 Å². The lowest BCUT2D eigenvalue weighted by Crippen LogP contribution is -2.24. The molecule has 0 aliphatic rings. The number of carbonyl (C=O) groups excluding carboxylic acids is 1. The van der Waals surface area contributed by atoms with Gasteiger partial charge in [-0.05, 0) is 42.8 Å². The number of phenolic OH excluding ortho intramolecular Hbond substituents is 1. The highest BCUT2D eigenvalue weighted by molar-refractivity contribution is 6.42. The molecule has 0 saturated heterocycles. The summed E-state index contributed by atoms with van der Waals surface area (Å²) in [5.41, 5.74) is 2.98. The zero-order valence-corrected chi connectivity index (χ0v) is 14.8. The molecule has 0 unspecified atom stereocenters. The minimum Gasteiger partial charge on any atom is -0.504 e. The number of carbonyl (C=O) groups is 1. The van der Waals surface area contributed by atoms with E-state index in [1.807, 2.05) is 6.92 Å². The summed E-state index contributed by atoms with van der Waals surface area (Å²) in [7, 11) is 0. The Kier molecular flexibility index (Phi) is 6.91. The second-order valence-corrected chi connectivity index (χ2v) is 5.58. The first-order valence-corrected chi connectivity index (χ1v) is 8.11. The van der Waals surface area contributed by atoms with E-state index in [0.717, 1.165) is 0 Å². The molecule has 0 aliphatic heterocycles. The maximum atomic E-state index is 11.7. The molecule has 0 aromatic heterocycles. The van der Waals surface area contributed by atoms with Gasteiger partial charge in [0.1, 0.15) is 10.8 Å². The number of phenols is 1. The molecule has 0 fully saturated rings. The Balaban J connectivity index is 1.88. The van der Waals surface area contributed by atoms with Gasteiger partial charge in [-0.3, -0.25) is 4.79 Å². The summed E-state index contributed by atoms with van der Waals surface area (Å²) in [5.74, 6) is 0.232. The first kappa shape index (κ1) is 18.9. The monoisotopic (exact) mass is 382 g/mol. The Labute approximate surface area is 155 Å². The highest BCUT2D eigenvalue weighted by atomic mass is 35.5. The Morgan fingerprint density at radius 1 is 1.24 bits per heavy atom. The third-order valence-electron chi connectivity index (χ3n) is 2.96. The van der Waals surface area contributed by atoms with Crippen molar-refractivity contribution in [1.82, 2.24) is 5.43 Å². The summed E-state index contributed by atoms with van der Waals surface area (Å²) in [4.78, 5) is 11.7. The first-order valence-electron chi connectivity index (χ1n) is 7.35. The molecule has 25 heavy (non-hydrogen) atoms. The van der Waals surface area contributed by atoms with Crippen LogP contribution in [0.25, 0.3) is 0 Å². The van der Waals surface area contributed by atoms with Crippen molar-refractivity contribution >= 4 is 35.3 Å². The van der Waals surface area contributed by atoms with Gasteiger partial charge < -0.3 is 14.6 Å². The second kappa shape index (κ2) is 9.15. The molecule has 0 bridgehead atoms. The fourth-order valence-corrected chi connectivity index (χ4v) is 2.18. The summed E-state index contributed by atoms with van der Waals surface area (Å²) in [5, 5.41) is 14.0. The van der Waals surface area contributed by atoms with Crippen LogP contribution in [-0.2, 0) is 4.79 Å². The fourth-order valence-electron chi connectivity index (χ4n) is 1.83. The van der Waals surface area contributed by atoms with Crippen LogP contribution in [0.2, 0.25) is 10.0 Å². The maximum absolute atomic E-state index is 11.7. The number of nitrogens with zero attached hydrogens (tertiary/aromatic N) is 1. The SMILES string of the molecule is CCOc1cc(/C=N\NC(=O)COc2cccc(Cl)c2Cl)ccc1O. The number of nitrogens with one attached hydrogen (secondary N) is 1. The van der Waals surface area contributed by atoms with Gasteiger partial charge in [0.15, 0.2) is 18.1 Å². The molecule has 0 saturated carbocycles. The van der Waals surface area contributed by atoms with E-state index in [9.17, 15) is 9.90 Å². The van der Waals surface area contributed by atoms with Crippen LogP contribution in [0.3, 0.4) is 0 Å². The van der Waals surface area contributed by atoms with E-state index in [0.29, 0.717) is 28.7 Å². The summed E-state index contributed by atoms with van der Waals surface area (Å²) in [6.07, 6.45) is 1.42. The van der Waals surface area contributed by atoms with Gasteiger partial charge in [0, 0.05) is 0 Å². The summed E-state index contributed by atoms with van der Waals surface area (Å²) >= 11 is 11.8. The van der Waals surface area contributed by atoms with Crippen LogP contribution in [0.4, 0.5) is 0 Å². The van der Waals surface area contributed by atoms with Crippen molar-refractivity contribution in [3.63, 3.8) is 0 Å². The molecular weight excluding hydrogens is 367 g/mol. The van der Waals surface area contributed by atoms with Crippen molar-refractivity contribution in [2.24, 2.45) is 5.10 Å². The zero-order valence-electron chi connectivity index (χ0n) is 13.3. The zero-order chi connectivity index (χ0) is 18.2. The van der Waals surface area contributed by atoms with Crippen LogP contribution >= 0.6 is 23.2 Å². The molecule has 0 radical (unpaired) electrons. The largest absolute Gasteiger partial charge is 0.504 e. The van der Waals surface area contributed by atoms with E-state index in [-0.39, 0.29) is 17.4 Å². The van der Waals surface area contributed by atoms with Gasteiger partial charge in [0.05, 0.1) is 17.8 Å². The quantitative estimate of drug-likeness (QED) is 0.565. The van der Waals surface area contributed by atoms with Crippen molar-refractivity contribution in [2.45, 2.75) is 6.92 Å². The molecule has 1 amide bonds. The van der Waals surface area contributed by atoms with Crippen molar-refractivity contribution in [1.29, 1.82) is 0 Å². The first-order chi connectivity index (χ1) is 12.0. The number of hydrazone groups is 1. The molecule has 0 heterocycles. The van der Waals surface area contributed by atoms with Crippen molar-refractivity contribution < 1.29 is 19.4 Å². The van der Waals surface area contributed by atoms with Crippen LogP contribution in [-0.4, -0.2) is 30.4 Å². The number of hydrogen-bond donors (Lipinski definition) is 2. The lowest BCUT2D eigenvalue weighted by molar-refractivity contribution is -0.123. The number of ether oxygens (including phenoxy) is 2. The minimum absolute atomic E-state index is 0.0369. The van der Waals surface area contributed by atoms with Crippen LogP contribution < -0.4 is 14.9 Å². The Morgan fingerprint density at radius 2 is 2.04 bits per heavy atom. The number of rotatable bonds is 7. The summed E-state index contributed by atoms with van der Waals surface area (Å²) < 4.78 is 10.6. The van der Waals surface area contributed by atoms with E-state index in [2.05, 4.69) is 10.5 Å². The van der Waals surface area contributed by atoms with Crippen LogP contribution in [0, 0.1) is 0 Å². The number of benzene rings is 2. The molecule has 0 spiro atoms. The predicted octanol–water partition coefficient (Wildman–Crippen LogP) is 3.63. The van der Waals surface area contributed by atoms with Crippen molar-refractivity contribution in [2.75, 3.05) is 13.2 Å². The van der Waals surface area contributed by atoms with E-state index in [1.165, 1.54) is 12.3 Å². The third-order valence-corrected chi connectivity index (χ3v) is 3.76. The number of halogens is 2. The molecule has 2 N–H and O–H groups in total. The van der Waals surface area contributed by atoms with E-state index < -0.39 is 5.91 Å². The number of hydrogen-bond acceptors (Lipinski definition) is 5. The van der Waals surface area contributed by atoms with E-state index in [1.54, 1.807) is 30.3 Å². The molecule has 2 aromatic rings. The Bertz CT molecular complexity index is 781. The standard InChI is InChI=1S/C17H16Cl2N2O4/c1-2-24-15-8-11(6-7-13(15)22)9-20-21-16(23)10-25-14-5-3-4-12(18)17(14)19/h3-9,22H,2,10H2,1H3,(H,21,23)/b20-9-. The van der Waals surface area contributed by atoms with Gasteiger partial charge in [0.2, 0.25) is 0 Å². The highest BCUT2D eigenvalue weighted by Crippen LogP contribution is 2.31. The van der Waals surface area contributed by atoms with Crippen molar-refractivity contribution in [3.05, 3.63) is 52.0 Å². The highest BCUT2D eigenvalue weighted by Gasteiger charge is 2.08. The number of amides is 1. The van der Waals surface area contributed by atoms with Gasteiger partial charge >= 0.3 is 0 Å². The molecule has 6 nitrogen and oxygen atoms in total. The topological polar surface area (TPSA) is 80.2 Å². The van der Waals surface area contributed by atoms with Gasteiger partial charge in [0.25, 0.3) is 5.91 Å². The molecule has 2 aromatic carbocycles. The van der Waals surface area contributed by atoms with Crippen LogP contribution in [0.5, 0.6) is 17.2 Å². The van der Waals surface area contributed by atoms with Gasteiger partial charge in [-0.15, -0.1) is 0 Å². The lowest BCUT2D eigenvalue weighted by atomic mass is 10.2. The van der Waals surface area contributed by atoms with Gasteiger partial charge in [-0.2, -0.15) is 5.10 Å². The molecule has 0 aliphatic carbocycles. The third kappa shape index (κ3) is 5.55. The smallest absolute Gasteiger partial charge is 0.277 e. The molecular formula is C17H16Cl2N2O4. The van der Waals surface area contributed by atoms with Gasteiger partial charge in [-0.25, -0.2) is 5.43 Å². The number of aromatic hydroxyl groups is 1. The average Bonchev–Trinajstić information content (AvgIpc) is 2.59. The molecule has 8 heteroatoms. The second-order valence-electron chi connectivity index (χ2n) is 4.79. The minimum atomic E-state index is -0.462. The van der Waals surface area contributed by atoms with E-state index >= 15 is 0 Å². The van der Waals surface area contributed by atoms with Crippen molar-refractivity contribution in [3.8, 4) is 17.2 Å².